The van der Waals surface area contributed by atoms with Gasteiger partial charge in [0.2, 0.25) is 5.91 Å². The summed E-state index contributed by atoms with van der Waals surface area (Å²) in [7, 11) is -3.63. The van der Waals surface area contributed by atoms with Crippen LogP contribution in [-0.4, -0.2) is 16.6 Å². The Morgan fingerprint density at radius 3 is 2.19 bits per heavy atom. The molecular weight excluding hydrogens is 285 g/mol. The normalized spacial score (nSPS) is 15.0. The van der Waals surface area contributed by atoms with Crippen LogP contribution in [-0.2, 0) is 15.8 Å². The summed E-state index contributed by atoms with van der Waals surface area (Å²) in [4.78, 5) is 22.2. The molecule has 5 heteroatoms. The van der Waals surface area contributed by atoms with Gasteiger partial charge in [0.15, 0.2) is 0 Å². The summed E-state index contributed by atoms with van der Waals surface area (Å²) >= 11 is 0. The fraction of sp³-hybridized carbons (Fsp3) is 0.188. The van der Waals surface area contributed by atoms with Crippen molar-refractivity contribution in [2.75, 3.05) is 0 Å². The lowest BCUT2D eigenvalue weighted by Crippen LogP contribution is -2.35. The van der Waals surface area contributed by atoms with Crippen molar-refractivity contribution in [2.24, 2.45) is 0 Å². The highest BCUT2D eigenvalue weighted by molar-refractivity contribution is 7.66. The monoisotopic (exact) mass is 303 g/mol. The number of carbonyl (C=O) groups excluding carboxylic acids is 1. The molecule has 110 valence electrons. The summed E-state index contributed by atoms with van der Waals surface area (Å²) in [6.45, 7) is 1.55. The van der Waals surface area contributed by atoms with Crippen LogP contribution in [0.25, 0.3) is 0 Å². The molecule has 0 aromatic heterocycles. The van der Waals surface area contributed by atoms with Crippen LogP contribution in [0.5, 0.6) is 0 Å². The van der Waals surface area contributed by atoms with Crippen molar-refractivity contribution in [1.82, 2.24) is 5.32 Å². The molecule has 21 heavy (non-hydrogen) atoms. The van der Waals surface area contributed by atoms with Gasteiger partial charge in [-0.25, -0.2) is 0 Å². The van der Waals surface area contributed by atoms with Gasteiger partial charge in [0.25, 0.3) is 7.37 Å². The van der Waals surface area contributed by atoms with E-state index in [2.05, 4.69) is 5.32 Å². The predicted octanol–water partition coefficient (Wildman–Crippen LogP) is 2.29. The first-order valence-electron chi connectivity index (χ1n) is 6.71. The van der Waals surface area contributed by atoms with E-state index in [9.17, 15) is 14.3 Å². The molecule has 0 radical (unpaired) electrons. The van der Waals surface area contributed by atoms with Crippen LogP contribution in [0.4, 0.5) is 0 Å². The molecule has 1 amide bonds. The average Bonchev–Trinajstić information content (AvgIpc) is 2.49. The number of nitrogens with one attached hydrogen (secondary N) is 1. The number of rotatable bonds is 5. The van der Waals surface area contributed by atoms with Crippen molar-refractivity contribution in [3.8, 4) is 0 Å². The van der Waals surface area contributed by atoms with Gasteiger partial charge in [-0.2, -0.15) is 0 Å². The summed E-state index contributed by atoms with van der Waals surface area (Å²) in [6, 6.07) is 17.7. The Balaban J connectivity index is 2.02. The van der Waals surface area contributed by atoms with Crippen LogP contribution < -0.4 is 10.6 Å². The van der Waals surface area contributed by atoms with E-state index in [1.807, 2.05) is 30.3 Å². The van der Waals surface area contributed by atoms with Crippen LogP contribution in [0, 0.1) is 0 Å². The Hall–Kier alpha value is -1.90. The smallest absolute Gasteiger partial charge is 0.250 e. The van der Waals surface area contributed by atoms with E-state index < -0.39 is 13.2 Å². The minimum Gasteiger partial charge on any atom is -0.344 e. The fourth-order valence-corrected chi connectivity index (χ4v) is 3.38. The lowest BCUT2D eigenvalue weighted by Gasteiger charge is -2.20. The molecule has 2 aromatic carbocycles. The van der Waals surface area contributed by atoms with Gasteiger partial charge in [0, 0.05) is 5.30 Å². The molecule has 0 saturated carbocycles. The topological polar surface area (TPSA) is 66.4 Å². The molecule has 2 rings (SSSR count). The van der Waals surface area contributed by atoms with Gasteiger partial charge in [0.05, 0.1) is 6.42 Å². The standard InChI is InChI=1S/C16H18NO3P/c1-13(21(19,20)15-10-6-3-7-11-15)17-16(18)12-14-8-4-2-5-9-14/h2-11,13H,12H2,1H3,(H,17,18)(H,19,20). The summed E-state index contributed by atoms with van der Waals surface area (Å²) in [5.41, 5.74) is 0.870. The zero-order valence-corrected chi connectivity index (χ0v) is 12.7. The molecule has 0 bridgehead atoms. The fourth-order valence-electron chi connectivity index (χ4n) is 2.02. The molecular formula is C16H18NO3P. The molecule has 2 atom stereocenters. The summed E-state index contributed by atoms with van der Waals surface area (Å²) < 4.78 is 12.4. The highest BCUT2D eigenvalue weighted by Crippen LogP contribution is 2.43. The molecule has 0 fully saturated rings. The minimum atomic E-state index is -3.63. The number of benzene rings is 2. The third-order valence-electron chi connectivity index (χ3n) is 3.23. The maximum Gasteiger partial charge on any atom is 0.250 e. The first-order valence-corrected chi connectivity index (χ1v) is 8.44. The second-order valence-electron chi connectivity index (χ2n) is 4.86. The number of amides is 1. The van der Waals surface area contributed by atoms with Crippen LogP contribution in [0.3, 0.4) is 0 Å². The highest BCUT2D eigenvalue weighted by Gasteiger charge is 2.30. The van der Waals surface area contributed by atoms with E-state index in [4.69, 9.17) is 0 Å². The molecule has 0 aliphatic heterocycles. The van der Waals surface area contributed by atoms with Gasteiger partial charge in [-0.15, -0.1) is 0 Å². The molecule has 0 saturated heterocycles. The average molecular weight is 303 g/mol. The third-order valence-corrected chi connectivity index (χ3v) is 5.45. The van der Waals surface area contributed by atoms with Gasteiger partial charge >= 0.3 is 0 Å². The van der Waals surface area contributed by atoms with Crippen LogP contribution in [0.15, 0.2) is 60.7 Å². The summed E-state index contributed by atoms with van der Waals surface area (Å²) in [6.07, 6.45) is 0.194. The maximum atomic E-state index is 12.4. The van der Waals surface area contributed by atoms with Gasteiger partial charge in [0.1, 0.15) is 5.78 Å². The molecule has 0 aliphatic rings. The zero-order chi connectivity index (χ0) is 15.3. The van der Waals surface area contributed by atoms with Crippen molar-refractivity contribution in [1.29, 1.82) is 0 Å². The molecule has 4 nitrogen and oxygen atoms in total. The molecule has 0 aliphatic carbocycles. The number of hydrogen-bond donors (Lipinski definition) is 2. The predicted molar refractivity (Wildman–Crippen MR) is 83.7 cm³/mol. The maximum absolute atomic E-state index is 12.4. The van der Waals surface area contributed by atoms with Gasteiger partial charge in [-0.3, -0.25) is 9.36 Å². The molecule has 0 heterocycles. The molecule has 2 unspecified atom stereocenters. The molecule has 2 aromatic rings. The van der Waals surface area contributed by atoms with Crippen molar-refractivity contribution < 1.29 is 14.3 Å². The molecule has 0 spiro atoms. The summed E-state index contributed by atoms with van der Waals surface area (Å²) in [5.74, 6) is -1.09. The van der Waals surface area contributed by atoms with E-state index in [1.165, 1.54) is 0 Å². The van der Waals surface area contributed by atoms with Gasteiger partial charge < -0.3 is 10.2 Å². The number of hydrogen-bond acceptors (Lipinski definition) is 2. The van der Waals surface area contributed by atoms with Crippen molar-refractivity contribution in [3.63, 3.8) is 0 Å². The summed E-state index contributed by atoms with van der Waals surface area (Å²) in [5, 5.41) is 2.96. The van der Waals surface area contributed by atoms with Crippen molar-refractivity contribution in [2.45, 2.75) is 19.1 Å². The minimum absolute atomic E-state index is 0.194. The van der Waals surface area contributed by atoms with E-state index in [0.29, 0.717) is 5.30 Å². The second-order valence-corrected chi connectivity index (χ2v) is 7.40. The Morgan fingerprint density at radius 1 is 1.10 bits per heavy atom. The molecule has 2 N–H and O–H groups in total. The van der Waals surface area contributed by atoms with Crippen LogP contribution in [0.1, 0.15) is 12.5 Å². The van der Waals surface area contributed by atoms with Crippen molar-refractivity contribution >= 4 is 18.6 Å². The lowest BCUT2D eigenvalue weighted by molar-refractivity contribution is -0.120. The largest absolute Gasteiger partial charge is 0.344 e. The Bertz CT molecular complexity index is 643. The van der Waals surface area contributed by atoms with Gasteiger partial charge in [-0.1, -0.05) is 48.5 Å². The SMILES string of the molecule is CC(NC(=O)Cc1ccccc1)P(=O)(O)c1ccccc1. The van der Waals surface area contributed by atoms with Crippen LogP contribution in [0.2, 0.25) is 0 Å². The first kappa shape index (κ1) is 15.5. The first-order chi connectivity index (χ1) is 10.00. The Labute approximate surface area is 124 Å². The van der Waals surface area contributed by atoms with E-state index in [0.717, 1.165) is 5.56 Å². The highest BCUT2D eigenvalue weighted by atomic mass is 31.2. The Kier molecular flexibility index (Phi) is 4.94. The van der Waals surface area contributed by atoms with E-state index in [-0.39, 0.29) is 12.3 Å². The van der Waals surface area contributed by atoms with E-state index >= 15 is 0 Å². The van der Waals surface area contributed by atoms with E-state index in [1.54, 1.807) is 37.3 Å². The van der Waals surface area contributed by atoms with Crippen LogP contribution >= 0.6 is 7.37 Å². The zero-order valence-electron chi connectivity index (χ0n) is 11.8. The van der Waals surface area contributed by atoms with Gasteiger partial charge in [-0.05, 0) is 24.6 Å². The number of carbonyl (C=O) groups is 1. The second kappa shape index (κ2) is 6.70. The third kappa shape index (κ3) is 4.03. The quantitative estimate of drug-likeness (QED) is 0.833. The van der Waals surface area contributed by atoms with Crippen molar-refractivity contribution in [3.05, 3.63) is 66.2 Å². The Morgan fingerprint density at radius 2 is 1.62 bits per heavy atom. The lowest BCUT2D eigenvalue weighted by atomic mass is 10.1.